The Labute approximate surface area is 181 Å². The third-order valence-corrected chi connectivity index (χ3v) is 5.44. The molecule has 9 heteroatoms. The smallest absolute Gasteiger partial charge is 0.306 e. The Morgan fingerprint density at radius 2 is 1.74 bits per heavy atom. The zero-order valence-electron chi connectivity index (χ0n) is 17.0. The average molecular weight is 437 g/mol. The molecule has 1 aromatic heterocycles. The second-order valence-corrected chi connectivity index (χ2v) is 7.53. The molecule has 0 atom stereocenters. The van der Waals surface area contributed by atoms with Crippen LogP contribution in [0.2, 0.25) is 0 Å². The van der Waals surface area contributed by atoms with Gasteiger partial charge in [-0.1, -0.05) is 29.5 Å². The molecule has 1 aliphatic rings. The minimum atomic E-state index is -0.363. The van der Waals surface area contributed by atoms with Crippen LogP contribution in [0.1, 0.15) is 4.88 Å². The second-order valence-electron chi connectivity index (χ2n) is 6.51. The van der Waals surface area contributed by atoms with Crippen LogP contribution in [0.5, 0.6) is 17.2 Å². The first-order valence-corrected chi connectivity index (χ1v) is 10.1. The van der Waals surface area contributed by atoms with Crippen molar-refractivity contribution in [1.29, 1.82) is 0 Å². The lowest BCUT2D eigenvalue weighted by atomic mass is 10.1. The van der Waals surface area contributed by atoms with Gasteiger partial charge >= 0.3 is 4.87 Å². The van der Waals surface area contributed by atoms with Gasteiger partial charge in [-0.3, -0.25) is 14.6 Å². The van der Waals surface area contributed by atoms with Gasteiger partial charge < -0.3 is 19.5 Å². The van der Waals surface area contributed by atoms with E-state index in [1.165, 1.54) is 21.3 Å². The summed E-state index contributed by atoms with van der Waals surface area (Å²) in [6.45, 7) is 0. The van der Waals surface area contributed by atoms with Gasteiger partial charge in [-0.05, 0) is 18.2 Å². The maximum Gasteiger partial charge on any atom is 0.306 e. The Bertz CT molecular complexity index is 1350. The molecule has 0 unspecified atom stereocenters. The number of fused-ring (bicyclic) bond motifs is 1. The number of hydrogen-bond acceptors (Lipinski definition) is 7. The molecule has 158 valence electrons. The van der Waals surface area contributed by atoms with Crippen LogP contribution in [0.15, 0.2) is 51.8 Å². The zero-order valence-corrected chi connectivity index (χ0v) is 17.8. The van der Waals surface area contributed by atoms with Gasteiger partial charge in [0, 0.05) is 28.6 Å². The predicted octanol–water partition coefficient (Wildman–Crippen LogP) is 2.23. The molecule has 0 saturated carbocycles. The summed E-state index contributed by atoms with van der Waals surface area (Å²) in [6.07, 6.45) is 3.41. The average Bonchev–Trinajstić information content (AvgIpc) is 3.11. The summed E-state index contributed by atoms with van der Waals surface area (Å²) in [6, 6.07) is 10.8. The van der Waals surface area contributed by atoms with Crippen molar-refractivity contribution >= 4 is 40.9 Å². The first-order valence-electron chi connectivity index (χ1n) is 9.24. The number of aromatic nitrogens is 1. The molecule has 0 saturated heterocycles. The highest BCUT2D eigenvalue weighted by Gasteiger charge is 2.16. The molecule has 2 aromatic carbocycles. The number of methoxy groups -OCH3 is 3. The van der Waals surface area contributed by atoms with E-state index in [1.807, 2.05) is 18.2 Å². The third kappa shape index (κ3) is 4.08. The number of hydrogen-bond donors (Lipinski definition) is 2. The highest BCUT2D eigenvalue weighted by Crippen LogP contribution is 2.40. The summed E-state index contributed by atoms with van der Waals surface area (Å²) in [4.78, 5) is 31.7. The number of ether oxygens (including phenoxy) is 3. The molecule has 0 spiro atoms. The Morgan fingerprint density at radius 1 is 1.03 bits per heavy atom. The summed E-state index contributed by atoms with van der Waals surface area (Å²) in [7, 11) is 4.57. The summed E-state index contributed by atoms with van der Waals surface area (Å²) < 4.78 is 16.1. The number of para-hydroxylation sites is 1. The maximum absolute atomic E-state index is 12.5. The minimum absolute atomic E-state index is 0.262. The number of benzene rings is 2. The molecule has 31 heavy (non-hydrogen) atoms. The number of aromatic amines is 1. The molecular weight excluding hydrogens is 418 g/mol. The van der Waals surface area contributed by atoms with Crippen molar-refractivity contribution in [3.05, 3.63) is 67.1 Å². The van der Waals surface area contributed by atoms with E-state index in [2.05, 4.69) is 15.3 Å². The Balaban J connectivity index is 1.74. The van der Waals surface area contributed by atoms with E-state index < -0.39 is 0 Å². The van der Waals surface area contributed by atoms with Crippen molar-refractivity contribution in [1.82, 2.24) is 4.98 Å². The monoisotopic (exact) mass is 437 g/mol. The number of carbonyl (C=O) groups is 1. The van der Waals surface area contributed by atoms with Crippen molar-refractivity contribution in [3.8, 4) is 17.2 Å². The Hall–Kier alpha value is -3.85. The zero-order chi connectivity index (χ0) is 22.0. The van der Waals surface area contributed by atoms with Gasteiger partial charge in [0.2, 0.25) is 5.75 Å². The van der Waals surface area contributed by atoms with Gasteiger partial charge in [0.25, 0.3) is 5.91 Å². The van der Waals surface area contributed by atoms with Crippen molar-refractivity contribution < 1.29 is 19.0 Å². The number of anilines is 2. The number of rotatable bonds is 6. The van der Waals surface area contributed by atoms with Gasteiger partial charge in [-0.25, -0.2) is 4.99 Å². The van der Waals surface area contributed by atoms with Crippen LogP contribution >= 0.6 is 11.3 Å². The highest BCUT2D eigenvalue weighted by atomic mass is 32.1. The van der Waals surface area contributed by atoms with Gasteiger partial charge in [0.05, 0.1) is 31.6 Å². The molecule has 3 aromatic rings. The van der Waals surface area contributed by atoms with Crippen LogP contribution < -0.4 is 35.0 Å². The molecule has 0 radical (unpaired) electrons. The third-order valence-electron chi connectivity index (χ3n) is 4.61. The first kappa shape index (κ1) is 20.4. The van der Waals surface area contributed by atoms with Crippen molar-refractivity contribution in [2.75, 3.05) is 26.6 Å². The molecule has 1 amide bonds. The van der Waals surface area contributed by atoms with Crippen LogP contribution in [-0.4, -0.2) is 32.2 Å². The van der Waals surface area contributed by atoms with Crippen LogP contribution in [-0.2, 0) is 4.79 Å². The van der Waals surface area contributed by atoms with Gasteiger partial charge in [0.15, 0.2) is 11.5 Å². The van der Waals surface area contributed by atoms with Crippen LogP contribution in [0.3, 0.4) is 0 Å². The molecular formula is C22H19N3O5S. The largest absolute Gasteiger partial charge is 0.493 e. The number of carbonyl (C=O) groups excluding carboxylic acids is 1. The number of amides is 1. The minimum Gasteiger partial charge on any atom is -0.493 e. The van der Waals surface area contributed by atoms with E-state index in [1.54, 1.807) is 30.4 Å². The quantitative estimate of drug-likeness (QED) is 0.574. The lowest BCUT2D eigenvalue weighted by Crippen LogP contribution is -2.29. The van der Waals surface area contributed by atoms with Crippen LogP contribution in [0, 0.1) is 0 Å². The summed E-state index contributed by atoms with van der Waals surface area (Å²) in [5, 5.41) is 4.63. The topological polar surface area (TPSA) is 102 Å². The number of nitrogens with one attached hydrogen (secondary N) is 2. The highest BCUT2D eigenvalue weighted by molar-refractivity contribution is 7.10. The molecule has 2 heterocycles. The van der Waals surface area contributed by atoms with Gasteiger partial charge in [-0.15, -0.1) is 0 Å². The van der Waals surface area contributed by atoms with Crippen LogP contribution in [0.4, 0.5) is 11.5 Å². The molecule has 4 rings (SSSR count). The number of thiazole rings is 1. The van der Waals surface area contributed by atoms with Crippen LogP contribution in [0.25, 0.3) is 12.2 Å². The van der Waals surface area contributed by atoms with Gasteiger partial charge in [0.1, 0.15) is 5.82 Å². The summed E-state index contributed by atoms with van der Waals surface area (Å²) in [5.41, 5.74) is 0.999. The number of nitrogens with zero attached hydrogens (tertiary/aromatic N) is 1. The van der Waals surface area contributed by atoms with Crippen molar-refractivity contribution in [3.63, 3.8) is 0 Å². The molecule has 0 fully saturated rings. The predicted molar refractivity (Wildman–Crippen MR) is 119 cm³/mol. The fourth-order valence-corrected chi connectivity index (χ4v) is 3.93. The Kier molecular flexibility index (Phi) is 5.59. The van der Waals surface area contributed by atoms with Crippen molar-refractivity contribution in [2.24, 2.45) is 4.99 Å². The van der Waals surface area contributed by atoms with E-state index in [0.717, 1.165) is 16.6 Å². The van der Waals surface area contributed by atoms with Crippen molar-refractivity contribution in [2.45, 2.75) is 0 Å². The summed E-state index contributed by atoms with van der Waals surface area (Å²) in [5.74, 6) is 1.47. The second kappa shape index (κ2) is 8.49. The molecule has 1 aliphatic heterocycles. The standard InChI is InChI=1S/C22H19N3O5S/c1-28-16-10-14(11-17(29-2)19(16)30-3)23-20-18(31-22(27)25-20)9-13-8-12-6-4-5-7-15(12)24-21(13)26/h4-11,23H,1-3H3,(H,25,27)/b13-9+. The molecule has 0 aliphatic carbocycles. The van der Waals surface area contributed by atoms with E-state index >= 15 is 0 Å². The molecule has 2 N–H and O–H groups in total. The lowest BCUT2D eigenvalue weighted by molar-refractivity contribution is -0.114. The maximum atomic E-state index is 12.5. The van der Waals surface area contributed by atoms with E-state index in [4.69, 9.17) is 14.2 Å². The first-order chi connectivity index (χ1) is 15.0. The van der Waals surface area contributed by atoms with E-state index in [9.17, 15) is 9.59 Å². The van der Waals surface area contributed by atoms with Gasteiger partial charge in [-0.2, -0.15) is 0 Å². The molecule has 0 bridgehead atoms. The molecule has 8 nitrogen and oxygen atoms in total. The lowest BCUT2D eigenvalue weighted by Gasteiger charge is -2.15. The summed E-state index contributed by atoms with van der Waals surface area (Å²) >= 11 is 0.987. The Morgan fingerprint density at radius 3 is 2.42 bits per heavy atom. The van der Waals surface area contributed by atoms with E-state index in [0.29, 0.717) is 44.6 Å². The number of H-pyrrole nitrogens is 1. The normalized spacial score (nSPS) is 13.8. The van der Waals surface area contributed by atoms with E-state index in [-0.39, 0.29) is 10.8 Å². The fraction of sp³-hybridized carbons (Fsp3) is 0.136. The SMILES string of the molecule is COc1cc(Nc2[nH]c(=O)sc2/C=C2\C=c3ccccc3=NC2=O)cc(OC)c1OC. The fourth-order valence-electron chi connectivity index (χ4n) is 3.19.